The molecule has 2 nitrogen and oxygen atoms in total. The molecule has 0 aliphatic rings. The predicted octanol–water partition coefficient (Wildman–Crippen LogP) is 4.50. The van der Waals surface area contributed by atoms with Crippen molar-refractivity contribution in [2.45, 2.75) is 20.0 Å². The third-order valence-corrected chi connectivity index (χ3v) is 3.05. The summed E-state index contributed by atoms with van der Waals surface area (Å²) in [5.74, 6) is -0.339. The van der Waals surface area contributed by atoms with Crippen LogP contribution in [0.2, 0.25) is 5.02 Å². The van der Waals surface area contributed by atoms with Crippen molar-refractivity contribution < 1.29 is 13.9 Å². The standard InChI is InChI=1S/C16H14ClFO2/c1-10(2)20-12-6-3-5-11(9-12)16(19)13-7-4-8-14(18)15(13)17/h3-10H,1-2H3. The third kappa shape index (κ3) is 3.17. The second kappa shape index (κ2) is 6.06. The Morgan fingerprint density at radius 3 is 2.60 bits per heavy atom. The number of rotatable bonds is 4. The molecule has 0 bridgehead atoms. The first kappa shape index (κ1) is 14.5. The maximum Gasteiger partial charge on any atom is 0.194 e. The predicted molar refractivity (Wildman–Crippen MR) is 77.0 cm³/mol. The number of hydrogen-bond acceptors (Lipinski definition) is 2. The molecule has 0 fully saturated rings. The Balaban J connectivity index is 2.36. The molecule has 0 saturated carbocycles. The molecule has 0 N–H and O–H groups in total. The second-order valence-electron chi connectivity index (χ2n) is 4.62. The number of benzene rings is 2. The van der Waals surface area contributed by atoms with Gasteiger partial charge < -0.3 is 4.74 Å². The number of ketones is 1. The molecule has 20 heavy (non-hydrogen) atoms. The number of carbonyl (C=O) groups excluding carboxylic acids is 1. The highest BCUT2D eigenvalue weighted by Gasteiger charge is 2.16. The summed E-state index contributed by atoms with van der Waals surface area (Å²) in [6, 6.07) is 11.0. The Labute approximate surface area is 122 Å². The van der Waals surface area contributed by atoms with Crippen molar-refractivity contribution in [2.24, 2.45) is 0 Å². The lowest BCUT2D eigenvalue weighted by molar-refractivity contribution is 0.103. The molecule has 0 aromatic heterocycles. The Morgan fingerprint density at radius 1 is 1.20 bits per heavy atom. The van der Waals surface area contributed by atoms with Crippen molar-refractivity contribution in [3.8, 4) is 5.75 Å². The number of hydrogen-bond donors (Lipinski definition) is 0. The van der Waals surface area contributed by atoms with Crippen molar-refractivity contribution in [3.05, 3.63) is 64.4 Å². The van der Waals surface area contributed by atoms with Gasteiger partial charge in [0.1, 0.15) is 11.6 Å². The van der Waals surface area contributed by atoms with E-state index in [0.29, 0.717) is 11.3 Å². The van der Waals surface area contributed by atoms with Gasteiger partial charge in [-0.05, 0) is 38.1 Å². The first-order valence-electron chi connectivity index (χ1n) is 6.24. The lowest BCUT2D eigenvalue weighted by atomic mass is 10.0. The van der Waals surface area contributed by atoms with Gasteiger partial charge in [-0.15, -0.1) is 0 Å². The highest BCUT2D eigenvalue weighted by atomic mass is 35.5. The van der Waals surface area contributed by atoms with Gasteiger partial charge in [0.2, 0.25) is 0 Å². The molecule has 0 spiro atoms. The molecular weight excluding hydrogens is 279 g/mol. The lowest BCUT2D eigenvalue weighted by Gasteiger charge is -2.11. The summed E-state index contributed by atoms with van der Waals surface area (Å²) in [6.45, 7) is 3.80. The number of halogens is 2. The van der Waals surface area contributed by atoms with Crippen LogP contribution >= 0.6 is 11.6 Å². The molecule has 0 radical (unpaired) electrons. The van der Waals surface area contributed by atoms with Gasteiger partial charge in [-0.1, -0.05) is 29.8 Å². The molecule has 0 atom stereocenters. The molecule has 2 aromatic carbocycles. The molecule has 0 amide bonds. The topological polar surface area (TPSA) is 26.3 Å². The van der Waals surface area contributed by atoms with Crippen LogP contribution in [0.25, 0.3) is 0 Å². The average Bonchev–Trinajstić information content (AvgIpc) is 2.41. The third-order valence-electron chi connectivity index (χ3n) is 2.66. The van der Waals surface area contributed by atoms with Crippen molar-refractivity contribution in [1.82, 2.24) is 0 Å². The Bertz CT molecular complexity index is 638. The molecule has 2 rings (SSSR count). The molecule has 0 saturated heterocycles. The summed E-state index contributed by atoms with van der Waals surface area (Å²) in [4.78, 5) is 12.4. The van der Waals surface area contributed by atoms with Crippen LogP contribution in [-0.2, 0) is 0 Å². The van der Waals surface area contributed by atoms with Gasteiger partial charge in [0.05, 0.1) is 11.1 Å². The van der Waals surface area contributed by atoms with E-state index in [0.717, 1.165) is 0 Å². The molecule has 0 aliphatic heterocycles. The summed E-state index contributed by atoms with van der Waals surface area (Å²) in [6.07, 6.45) is 0.0121. The molecular formula is C16H14ClFO2. The zero-order valence-electron chi connectivity index (χ0n) is 11.2. The molecule has 0 aliphatic carbocycles. The van der Waals surface area contributed by atoms with Crippen LogP contribution in [0.4, 0.5) is 4.39 Å². The highest BCUT2D eigenvalue weighted by molar-refractivity contribution is 6.35. The quantitative estimate of drug-likeness (QED) is 0.776. The minimum absolute atomic E-state index is 0.0121. The van der Waals surface area contributed by atoms with Gasteiger partial charge in [0.25, 0.3) is 0 Å². The van der Waals surface area contributed by atoms with E-state index in [9.17, 15) is 9.18 Å². The van der Waals surface area contributed by atoms with Crippen LogP contribution in [0, 0.1) is 5.82 Å². The van der Waals surface area contributed by atoms with Crippen molar-refractivity contribution in [3.63, 3.8) is 0 Å². The van der Waals surface area contributed by atoms with E-state index in [1.54, 1.807) is 24.3 Å². The summed E-state index contributed by atoms with van der Waals surface area (Å²) >= 11 is 5.84. The van der Waals surface area contributed by atoms with Crippen LogP contribution in [0.5, 0.6) is 5.75 Å². The Morgan fingerprint density at radius 2 is 1.90 bits per heavy atom. The Hall–Kier alpha value is -1.87. The van der Waals surface area contributed by atoms with E-state index in [2.05, 4.69) is 0 Å². The fourth-order valence-electron chi connectivity index (χ4n) is 1.82. The summed E-state index contributed by atoms with van der Waals surface area (Å²) in [7, 11) is 0. The minimum atomic E-state index is -0.605. The molecule has 104 valence electrons. The van der Waals surface area contributed by atoms with Gasteiger partial charge in [0, 0.05) is 11.1 Å². The second-order valence-corrected chi connectivity index (χ2v) is 5.00. The first-order chi connectivity index (χ1) is 9.49. The molecule has 4 heteroatoms. The summed E-state index contributed by atoms with van der Waals surface area (Å²) in [5, 5.41) is -0.160. The average molecular weight is 293 g/mol. The van der Waals surface area contributed by atoms with Gasteiger partial charge in [-0.25, -0.2) is 4.39 Å². The van der Waals surface area contributed by atoms with Crippen LogP contribution in [0.15, 0.2) is 42.5 Å². The van der Waals surface area contributed by atoms with E-state index >= 15 is 0 Å². The van der Waals surface area contributed by atoms with Gasteiger partial charge in [-0.3, -0.25) is 4.79 Å². The maximum atomic E-state index is 13.4. The summed E-state index contributed by atoms with van der Waals surface area (Å²) in [5.41, 5.74) is 0.559. The van der Waals surface area contributed by atoms with Gasteiger partial charge in [0.15, 0.2) is 5.78 Å². The van der Waals surface area contributed by atoms with E-state index in [-0.39, 0.29) is 22.5 Å². The fourth-order valence-corrected chi connectivity index (χ4v) is 2.03. The highest BCUT2D eigenvalue weighted by Crippen LogP contribution is 2.24. The van der Waals surface area contributed by atoms with E-state index in [4.69, 9.17) is 16.3 Å². The number of ether oxygens (including phenoxy) is 1. The number of carbonyl (C=O) groups is 1. The van der Waals surface area contributed by atoms with Crippen molar-refractivity contribution >= 4 is 17.4 Å². The van der Waals surface area contributed by atoms with Crippen LogP contribution in [0.1, 0.15) is 29.8 Å². The minimum Gasteiger partial charge on any atom is -0.491 e. The van der Waals surface area contributed by atoms with Gasteiger partial charge >= 0.3 is 0 Å². The monoisotopic (exact) mass is 292 g/mol. The van der Waals surface area contributed by atoms with Crippen LogP contribution < -0.4 is 4.74 Å². The van der Waals surface area contributed by atoms with Crippen molar-refractivity contribution in [1.29, 1.82) is 0 Å². The SMILES string of the molecule is CC(C)Oc1cccc(C(=O)c2cccc(F)c2Cl)c1. The zero-order chi connectivity index (χ0) is 14.7. The van der Waals surface area contributed by atoms with Crippen LogP contribution in [0.3, 0.4) is 0 Å². The first-order valence-corrected chi connectivity index (χ1v) is 6.62. The molecule has 2 aromatic rings. The Kier molecular flexibility index (Phi) is 4.40. The summed E-state index contributed by atoms with van der Waals surface area (Å²) < 4.78 is 18.9. The van der Waals surface area contributed by atoms with Gasteiger partial charge in [-0.2, -0.15) is 0 Å². The zero-order valence-corrected chi connectivity index (χ0v) is 11.9. The maximum absolute atomic E-state index is 13.4. The lowest BCUT2D eigenvalue weighted by Crippen LogP contribution is -2.07. The van der Waals surface area contributed by atoms with E-state index < -0.39 is 5.82 Å². The van der Waals surface area contributed by atoms with E-state index in [1.807, 2.05) is 13.8 Å². The normalized spacial score (nSPS) is 10.7. The van der Waals surface area contributed by atoms with Crippen LogP contribution in [-0.4, -0.2) is 11.9 Å². The largest absolute Gasteiger partial charge is 0.491 e. The smallest absolute Gasteiger partial charge is 0.194 e. The van der Waals surface area contributed by atoms with E-state index in [1.165, 1.54) is 18.2 Å². The molecule has 0 unspecified atom stereocenters. The van der Waals surface area contributed by atoms with Crippen molar-refractivity contribution in [2.75, 3.05) is 0 Å². The fraction of sp³-hybridized carbons (Fsp3) is 0.188. The molecule has 0 heterocycles.